The molecule has 2 heterocycles. The second-order valence-electron chi connectivity index (χ2n) is 6.89. The number of para-hydroxylation sites is 1. The van der Waals surface area contributed by atoms with Crippen molar-refractivity contribution < 1.29 is 0 Å². The summed E-state index contributed by atoms with van der Waals surface area (Å²) >= 11 is 1.57. The summed E-state index contributed by atoms with van der Waals surface area (Å²) in [6.45, 7) is 8.46. The zero-order valence-corrected chi connectivity index (χ0v) is 16.7. The van der Waals surface area contributed by atoms with Crippen molar-refractivity contribution in [3.05, 3.63) is 69.7 Å². The SMILES string of the molecule is Cc1cc(C)c(-c2csc(N/N=C\c3c(C)[nH]c4ccccc34)n2)c(C)c1. The van der Waals surface area contributed by atoms with Crippen LogP contribution in [0.1, 0.15) is 27.9 Å². The van der Waals surface area contributed by atoms with Crippen LogP contribution in [0.15, 0.2) is 46.9 Å². The highest BCUT2D eigenvalue weighted by Crippen LogP contribution is 2.31. The van der Waals surface area contributed by atoms with Crippen molar-refractivity contribution in [2.24, 2.45) is 5.10 Å². The molecule has 2 N–H and O–H groups in total. The van der Waals surface area contributed by atoms with Gasteiger partial charge in [0.1, 0.15) is 0 Å². The first-order chi connectivity index (χ1) is 13.0. The molecule has 0 spiro atoms. The molecule has 0 atom stereocenters. The molecule has 0 unspecified atom stereocenters. The number of hydrazone groups is 1. The fourth-order valence-corrected chi connectivity index (χ4v) is 4.29. The van der Waals surface area contributed by atoms with E-state index in [1.165, 1.54) is 27.6 Å². The molecule has 0 saturated carbocycles. The van der Waals surface area contributed by atoms with Crippen LogP contribution < -0.4 is 5.43 Å². The monoisotopic (exact) mass is 374 g/mol. The predicted molar refractivity (Wildman–Crippen MR) is 116 cm³/mol. The van der Waals surface area contributed by atoms with Crippen molar-refractivity contribution in [3.8, 4) is 11.3 Å². The van der Waals surface area contributed by atoms with Gasteiger partial charge in [0, 0.05) is 33.1 Å². The van der Waals surface area contributed by atoms with Crippen molar-refractivity contribution in [1.29, 1.82) is 0 Å². The number of thiazole rings is 1. The number of H-pyrrole nitrogens is 1. The van der Waals surface area contributed by atoms with Crippen LogP contribution >= 0.6 is 11.3 Å². The average Bonchev–Trinajstić information content (AvgIpc) is 3.19. The maximum Gasteiger partial charge on any atom is 0.203 e. The number of nitrogens with one attached hydrogen (secondary N) is 2. The topological polar surface area (TPSA) is 53.1 Å². The van der Waals surface area contributed by atoms with Crippen molar-refractivity contribution in [1.82, 2.24) is 9.97 Å². The first kappa shape index (κ1) is 17.5. The second-order valence-corrected chi connectivity index (χ2v) is 7.75. The highest BCUT2D eigenvalue weighted by atomic mass is 32.1. The zero-order chi connectivity index (χ0) is 19.0. The molecule has 0 aliphatic rings. The number of nitrogens with zero attached hydrogens (tertiary/aromatic N) is 2. The number of aryl methyl sites for hydroxylation is 4. The summed E-state index contributed by atoms with van der Waals surface area (Å²) in [5.74, 6) is 0. The summed E-state index contributed by atoms with van der Waals surface area (Å²) in [7, 11) is 0. The van der Waals surface area contributed by atoms with E-state index in [-0.39, 0.29) is 0 Å². The second kappa shape index (κ2) is 7.00. The Morgan fingerprint density at radius 2 is 1.81 bits per heavy atom. The number of anilines is 1. The number of aromatic nitrogens is 2. The lowest BCUT2D eigenvalue weighted by Gasteiger charge is -2.08. The van der Waals surface area contributed by atoms with Gasteiger partial charge in [-0.05, 0) is 44.9 Å². The van der Waals surface area contributed by atoms with E-state index in [4.69, 9.17) is 4.98 Å². The summed E-state index contributed by atoms with van der Waals surface area (Å²) in [6, 6.07) is 12.7. The lowest BCUT2D eigenvalue weighted by atomic mass is 9.98. The molecule has 0 aliphatic carbocycles. The normalized spacial score (nSPS) is 11.6. The Balaban J connectivity index is 1.57. The largest absolute Gasteiger partial charge is 0.358 e. The molecular formula is C22H22N4S. The molecule has 27 heavy (non-hydrogen) atoms. The molecule has 0 fully saturated rings. The third-order valence-corrected chi connectivity index (χ3v) is 5.48. The van der Waals surface area contributed by atoms with Gasteiger partial charge in [-0.2, -0.15) is 5.10 Å². The minimum Gasteiger partial charge on any atom is -0.358 e. The molecule has 5 heteroatoms. The fraction of sp³-hybridized carbons (Fsp3) is 0.182. The van der Waals surface area contributed by atoms with Gasteiger partial charge in [-0.15, -0.1) is 11.3 Å². The van der Waals surface area contributed by atoms with Crippen LogP contribution in [0.2, 0.25) is 0 Å². The number of rotatable bonds is 4. The number of hydrogen-bond acceptors (Lipinski definition) is 4. The standard InChI is InChI=1S/C22H22N4S/c1-13-9-14(2)21(15(3)10-13)20-12-27-22(25-20)26-23-11-18-16(4)24-19-8-6-5-7-17(18)19/h5-12,24H,1-4H3,(H,25,26)/b23-11-. The molecule has 136 valence electrons. The first-order valence-electron chi connectivity index (χ1n) is 8.93. The average molecular weight is 375 g/mol. The first-order valence-corrected chi connectivity index (χ1v) is 9.81. The van der Waals surface area contributed by atoms with Crippen molar-refractivity contribution >= 4 is 33.6 Å². The molecule has 2 aromatic heterocycles. The van der Waals surface area contributed by atoms with E-state index in [0.29, 0.717) is 0 Å². The third-order valence-electron chi connectivity index (χ3n) is 4.73. The van der Waals surface area contributed by atoms with E-state index in [1.54, 1.807) is 11.3 Å². The van der Waals surface area contributed by atoms with Gasteiger partial charge in [0.2, 0.25) is 5.13 Å². The van der Waals surface area contributed by atoms with Gasteiger partial charge in [0.15, 0.2) is 0 Å². The van der Waals surface area contributed by atoms with Crippen LogP contribution in [0.3, 0.4) is 0 Å². The summed E-state index contributed by atoms with van der Waals surface area (Å²) in [5, 5.41) is 8.46. The molecule has 0 amide bonds. The van der Waals surface area contributed by atoms with Crippen molar-refractivity contribution in [2.75, 3.05) is 5.43 Å². The summed E-state index contributed by atoms with van der Waals surface area (Å²) < 4.78 is 0. The van der Waals surface area contributed by atoms with Crippen molar-refractivity contribution in [2.45, 2.75) is 27.7 Å². The van der Waals surface area contributed by atoms with Crippen LogP contribution in [0.5, 0.6) is 0 Å². The molecular weight excluding hydrogens is 352 g/mol. The number of hydrogen-bond donors (Lipinski definition) is 2. The third kappa shape index (κ3) is 3.38. The van der Waals surface area contributed by atoms with E-state index in [0.717, 1.165) is 27.6 Å². The molecule has 4 nitrogen and oxygen atoms in total. The van der Waals surface area contributed by atoms with Gasteiger partial charge in [0.05, 0.1) is 11.9 Å². The van der Waals surface area contributed by atoms with Gasteiger partial charge in [-0.3, -0.25) is 5.43 Å². The molecule has 4 rings (SSSR count). The summed E-state index contributed by atoms with van der Waals surface area (Å²) in [4.78, 5) is 8.11. The molecule has 2 aromatic carbocycles. The Morgan fingerprint density at radius 1 is 1.07 bits per heavy atom. The van der Waals surface area contributed by atoms with Crippen LogP contribution in [0, 0.1) is 27.7 Å². The predicted octanol–water partition coefficient (Wildman–Crippen LogP) is 5.97. The van der Waals surface area contributed by atoms with Gasteiger partial charge in [-0.1, -0.05) is 35.9 Å². The lowest BCUT2D eigenvalue weighted by molar-refractivity contribution is 1.25. The van der Waals surface area contributed by atoms with Crippen LogP contribution in [0.25, 0.3) is 22.2 Å². The molecule has 0 aliphatic heterocycles. The Kier molecular flexibility index (Phi) is 4.54. The number of aromatic amines is 1. The Morgan fingerprint density at radius 3 is 2.59 bits per heavy atom. The quantitative estimate of drug-likeness (QED) is 0.341. The number of fused-ring (bicyclic) bond motifs is 1. The van der Waals surface area contributed by atoms with E-state index >= 15 is 0 Å². The van der Waals surface area contributed by atoms with E-state index < -0.39 is 0 Å². The Bertz CT molecular complexity index is 1130. The molecule has 0 bridgehead atoms. The highest BCUT2D eigenvalue weighted by molar-refractivity contribution is 7.14. The molecule has 0 radical (unpaired) electrons. The van der Waals surface area contributed by atoms with E-state index in [2.05, 4.69) is 72.9 Å². The van der Waals surface area contributed by atoms with Gasteiger partial charge in [0.25, 0.3) is 0 Å². The van der Waals surface area contributed by atoms with E-state index in [9.17, 15) is 0 Å². The van der Waals surface area contributed by atoms with Gasteiger partial charge >= 0.3 is 0 Å². The smallest absolute Gasteiger partial charge is 0.203 e. The van der Waals surface area contributed by atoms with Crippen LogP contribution in [-0.2, 0) is 0 Å². The summed E-state index contributed by atoms with van der Waals surface area (Å²) in [5.41, 5.74) is 12.4. The minimum atomic E-state index is 0.790. The van der Waals surface area contributed by atoms with Gasteiger partial charge in [-0.25, -0.2) is 4.98 Å². The van der Waals surface area contributed by atoms with Gasteiger partial charge < -0.3 is 4.98 Å². The fourth-order valence-electron chi connectivity index (χ4n) is 3.64. The minimum absolute atomic E-state index is 0.790. The summed E-state index contributed by atoms with van der Waals surface area (Å²) in [6.07, 6.45) is 1.86. The van der Waals surface area contributed by atoms with E-state index in [1.807, 2.05) is 18.3 Å². The maximum absolute atomic E-state index is 4.72. The lowest BCUT2D eigenvalue weighted by Crippen LogP contribution is -1.93. The van der Waals surface area contributed by atoms with Crippen LogP contribution in [0.4, 0.5) is 5.13 Å². The zero-order valence-electron chi connectivity index (χ0n) is 15.9. The Labute approximate surface area is 163 Å². The molecule has 0 saturated heterocycles. The van der Waals surface area contributed by atoms with Crippen molar-refractivity contribution in [3.63, 3.8) is 0 Å². The van der Waals surface area contributed by atoms with Crippen LogP contribution in [-0.4, -0.2) is 16.2 Å². The number of benzene rings is 2. The Hall–Kier alpha value is -2.92. The highest BCUT2D eigenvalue weighted by Gasteiger charge is 2.11. The maximum atomic E-state index is 4.72. The molecule has 4 aromatic rings.